The molecule has 0 radical (unpaired) electrons. The van der Waals surface area contributed by atoms with Gasteiger partial charge in [-0.3, -0.25) is 0 Å². The van der Waals surface area contributed by atoms with Crippen LogP contribution in [0.3, 0.4) is 0 Å². The lowest BCUT2D eigenvalue weighted by atomic mass is 10.00. The number of carbonyl (C=O) groups is 1. The molecule has 0 fully saturated rings. The van der Waals surface area contributed by atoms with Crippen LogP contribution >= 0.6 is 12.2 Å². The first-order valence-electron chi connectivity index (χ1n) is 7.67. The van der Waals surface area contributed by atoms with Crippen LogP contribution in [0.15, 0.2) is 42.5 Å². The van der Waals surface area contributed by atoms with E-state index < -0.39 is 5.97 Å². The summed E-state index contributed by atoms with van der Waals surface area (Å²) in [5.41, 5.74) is 10.5. The van der Waals surface area contributed by atoms with Gasteiger partial charge in [0.15, 0.2) is 5.11 Å². The van der Waals surface area contributed by atoms with Crippen LogP contribution < -0.4 is 11.1 Å². The topological polar surface area (TPSA) is 88.2 Å². The molecule has 0 bridgehead atoms. The lowest BCUT2D eigenvalue weighted by Gasteiger charge is -2.11. The highest BCUT2D eigenvalue weighted by molar-refractivity contribution is 7.80. The van der Waals surface area contributed by atoms with Crippen LogP contribution in [-0.4, -0.2) is 21.2 Å². The van der Waals surface area contributed by atoms with Gasteiger partial charge in [0, 0.05) is 16.6 Å². The van der Waals surface area contributed by atoms with E-state index >= 15 is 0 Å². The number of anilines is 1. The summed E-state index contributed by atoms with van der Waals surface area (Å²) in [5.74, 6) is -0.976. The third-order valence-electron chi connectivity index (χ3n) is 3.90. The Kier molecular flexibility index (Phi) is 4.37. The molecule has 4 N–H and O–H groups in total. The Hall–Kier alpha value is -2.99. The fourth-order valence-corrected chi connectivity index (χ4v) is 3.02. The first-order valence-corrected chi connectivity index (χ1v) is 8.08. The van der Waals surface area contributed by atoms with Crippen LogP contribution in [0.2, 0.25) is 0 Å². The van der Waals surface area contributed by atoms with Gasteiger partial charge in [0.25, 0.3) is 0 Å². The molecule has 0 amide bonds. The van der Waals surface area contributed by atoms with E-state index in [-0.39, 0.29) is 10.7 Å². The second kappa shape index (κ2) is 6.49. The van der Waals surface area contributed by atoms with Gasteiger partial charge in [0.2, 0.25) is 0 Å². The first-order chi connectivity index (χ1) is 11.8. The number of pyridine rings is 1. The van der Waals surface area contributed by atoms with Gasteiger partial charge in [0.05, 0.1) is 16.8 Å². The van der Waals surface area contributed by atoms with Crippen molar-refractivity contribution >= 4 is 39.9 Å². The van der Waals surface area contributed by atoms with Gasteiger partial charge in [-0.1, -0.05) is 23.8 Å². The quantitative estimate of drug-likeness (QED) is 0.621. The van der Waals surface area contributed by atoms with Gasteiger partial charge in [-0.05, 0) is 55.9 Å². The molecule has 0 saturated heterocycles. The van der Waals surface area contributed by atoms with Gasteiger partial charge >= 0.3 is 5.97 Å². The summed E-state index contributed by atoms with van der Waals surface area (Å²) in [6.45, 7) is 3.87. The third-order valence-corrected chi connectivity index (χ3v) is 4.01. The fourth-order valence-electron chi connectivity index (χ4n) is 2.90. The fraction of sp³-hybridized carbons (Fsp3) is 0.105. The van der Waals surface area contributed by atoms with Gasteiger partial charge in [-0.2, -0.15) is 0 Å². The van der Waals surface area contributed by atoms with Gasteiger partial charge < -0.3 is 16.2 Å². The molecule has 25 heavy (non-hydrogen) atoms. The number of aromatic nitrogens is 1. The summed E-state index contributed by atoms with van der Waals surface area (Å²) in [5, 5.41) is 13.3. The van der Waals surface area contributed by atoms with E-state index in [4.69, 9.17) is 22.9 Å². The van der Waals surface area contributed by atoms with Crippen LogP contribution in [-0.2, 0) is 0 Å². The molecule has 1 heterocycles. The Bertz CT molecular complexity index is 1010. The number of hydrogen-bond donors (Lipinski definition) is 3. The number of nitrogens with two attached hydrogens (primary N) is 1. The summed E-state index contributed by atoms with van der Waals surface area (Å²) >= 11 is 4.86. The zero-order chi connectivity index (χ0) is 18.1. The standard InChI is InChI=1S/C19H17N3O2S/c1-10-6-11(2)17-14(7-10)15(18(23)24)9-16(22-17)12-4-3-5-13(8-12)21-19(20)25/h3-9H,1-2H3,(H,23,24)(H3,20,21,25). The Morgan fingerprint density at radius 3 is 2.64 bits per heavy atom. The van der Waals surface area contributed by atoms with Gasteiger partial charge in [-0.25, -0.2) is 9.78 Å². The Balaban J connectivity index is 2.24. The highest BCUT2D eigenvalue weighted by atomic mass is 32.1. The first kappa shape index (κ1) is 16.9. The molecule has 3 aromatic rings. The maximum absolute atomic E-state index is 11.8. The summed E-state index contributed by atoms with van der Waals surface area (Å²) in [6.07, 6.45) is 0. The van der Waals surface area contributed by atoms with Crippen LogP contribution in [0.1, 0.15) is 21.5 Å². The number of thiocarbonyl (C=S) groups is 1. The number of carboxylic acids is 1. The molecule has 1 aromatic heterocycles. The Morgan fingerprint density at radius 2 is 1.96 bits per heavy atom. The smallest absolute Gasteiger partial charge is 0.336 e. The van der Waals surface area contributed by atoms with Crippen molar-refractivity contribution in [1.82, 2.24) is 4.98 Å². The predicted octanol–water partition coefficient (Wildman–Crippen LogP) is 3.87. The number of nitrogens with one attached hydrogen (secondary N) is 1. The van der Waals surface area contributed by atoms with E-state index in [9.17, 15) is 9.90 Å². The second-order valence-electron chi connectivity index (χ2n) is 5.91. The molecule has 0 saturated carbocycles. The summed E-state index contributed by atoms with van der Waals surface area (Å²) in [6, 6.07) is 12.8. The lowest BCUT2D eigenvalue weighted by Crippen LogP contribution is -2.18. The van der Waals surface area contributed by atoms with E-state index in [2.05, 4.69) is 5.32 Å². The number of carboxylic acid groups (broad SMARTS) is 1. The molecule has 5 nitrogen and oxygen atoms in total. The molecule has 6 heteroatoms. The molecule has 0 atom stereocenters. The molecule has 126 valence electrons. The minimum Gasteiger partial charge on any atom is -0.478 e. The van der Waals surface area contributed by atoms with Crippen LogP contribution in [0.25, 0.3) is 22.2 Å². The monoisotopic (exact) mass is 351 g/mol. The predicted molar refractivity (Wildman–Crippen MR) is 104 cm³/mol. The molecule has 0 spiro atoms. The summed E-state index contributed by atoms with van der Waals surface area (Å²) < 4.78 is 0. The second-order valence-corrected chi connectivity index (χ2v) is 6.35. The molecular formula is C19H17N3O2S. The molecule has 0 aliphatic heterocycles. The van der Waals surface area contributed by atoms with Crippen LogP contribution in [0.4, 0.5) is 5.69 Å². The van der Waals surface area contributed by atoms with Gasteiger partial charge in [-0.15, -0.1) is 0 Å². The van der Waals surface area contributed by atoms with Crippen molar-refractivity contribution in [2.45, 2.75) is 13.8 Å². The number of rotatable bonds is 3. The SMILES string of the molecule is Cc1cc(C)c2nc(-c3cccc(NC(N)=S)c3)cc(C(=O)O)c2c1. The van der Waals surface area contributed by atoms with E-state index in [1.165, 1.54) is 0 Å². The van der Waals surface area contributed by atoms with E-state index in [1.54, 1.807) is 6.07 Å². The summed E-state index contributed by atoms with van der Waals surface area (Å²) in [7, 11) is 0. The van der Waals surface area contributed by atoms with E-state index in [0.29, 0.717) is 16.6 Å². The van der Waals surface area contributed by atoms with Crippen molar-refractivity contribution in [3.63, 3.8) is 0 Å². The Labute approximate surface area is 150 Å². The number of aromatic carboxylic acids is 1. The van der Waals surface area contributed by atoms with Crippen molar-refractivity contribution in [2.75, 3.05) is 5.32 Å². The van der Waals surface area contributed by atoms with E-state index in [1.807, 2.05) is 50.2 Å². The zero-order valence-electron chi connectivity index (χ0n) is 13.8. The number of aryl methyl sites for hydroxylation is 2. The third kappa shape index (κ3) is 3.44. The highest BCUT2D eigenvalue weighted by Crippen LogP contribution is 2.29. The van der Waals surface area contributed by atoms with Crippen molar-refractivity contribution in [2.24, 2.45) is 5.73 Å². The molecular weight excluding hydrogens is 334 g/mol. The van der Waals surface area contributed by atoms with Crippen LogP contribution in [0, 0.1) is 13.8 Å². The normalized spacial score (nSPS) is 10.6. The van der Waals surface area contributed by atoms with Gasteiger partial charge in [0.1, 0.15) is 0 Å². The lowest BCUT2D eigenvalue weighted by molar-refractivity contribution is 0.0699. The van der Waals surface area contributed by atoms with Crippen molar-refractivity contribution in [3.05, 3.63) is 59.2 Å². The van der Waals surface area contributed by atoms with Crippen molar-refractivity contribution in [1.29, 1.82) is 0 Å². The molecule has 2 aromatic carbocycles. The number of nitrogens with zero attached hydrogens (tertiary/aromatic N) is 1. The average molecular weight is 351 g/mol. The Morgan fingerprint density at radius 1 is 1.20 bits per heavy atom. The summed E-state index contributed by atoms with van der Waals surface area (Å²) in [4.78, 5) is 16.5. The van der Waals surface area contributed by atoms with E-state index in [0.717, 1.165) is 22.4 Å². The maximum Gasteiger partial charge on any atom is 0.336 e. The molecule has 0 aliphatic carbocycles. The minimum absolute atomic E-state index is 0.168. The number of benzene rings is 2. The molecule has 3 rings (SSSR count). The number of hydrogen-bond acceptors (Lipinski definition) is 3. The largest absolute Gasteiger partial charge is 0.478 e. The molecule has 0 unspecified atom stereocenters. The minimum atomic E-state index is -0.976. The van der Waals surface area contributed by atoms with Crippen molar-refractivity contribution in [3.8, 4) is 11.3 Å². The highest BCUT2D eigenvalue weighted by Gasteiger charge is 2.15. The average Bonchev–Trinajstić information content (AvgIpc) is 2.53. The van der Waals surface area contributed by atoms with Crippen molar-refractivity contribution < 1.29 is 9.90 Å². The number of fused-ring (bicyclic) bond motifs is 1. The van der Waals surface area contributed by atoms with Crippen LogP contribution in [0.5, 0.6) is 0 Å². The maximum atomic E-state index is 11.8. The molecule has 0 aliphatic rings. The zero-order valence-corrected chi connectivity index (χ0v) is 14.6.